The zero-order valence-corrected chi connectivity index (χ0v) is 32.1. The largest absolute Gasteiger partial charge is 0.463 e. The fourth-order valence-electron chi connectivity index (χ4n) is 5.92. The van der Waals surface area contributed by atoms with E-state index in [1.165, 1.54) is 14.0 Å². The van der Waals surface area contributed by atoms with Crippen LogP contribution in [0.25, 0.3) is 0 Å². The predicted octanol–water partition coefficient (Wildman–Crippen LogP) is 1.91. The highest BCUT2D eigenvalue weighted by atomic mass is 16.8. The van der Waals surface area contributed by atoms with E-state index in [1.54, 1.807) is 6.92 Å². The van der Waals surface area contributed by atoms with E-state index in [-0.39, 0.29) is 33.0 Å². The molecule has 0 bridgehead atoms. The SMILES string of the molecule is CC[C@@H]1OC(OCCOCCNC(=O)OCc2ccccc2)[C@@H](O[C@H]2O[C@H](COC(C)=O)[C@@H](OC(=O)NC)[C@H](OC(C)=O)[C@@H]2OC(C)=O)[C@@H](OC(C)=O)[C@@H]1C. The normalized spacial score (nSPS) is 27.5. The van der Waals surface area contributed by atoms with Crippen molar-refractivity contribution in [2.24, 2.45) is 5.92 Å². The van der Waals surface area contributed by atoms with Gasteiger partial charge in [0.2, 0.25) is 0 Å². The van der Waals surface area contributed by atoms with Crippen molar-refractivity contribution in [3.8, 4) is 0 Å². The molecule has 1 unspecified atom stereocenters. The van der Waals surface area contributed by atoms with Gasteiger partial charge in [0.25, 0.3) is 0 Å². The van der Waals surface area contributed by atoms with Crippen molar-refractivity contribution >= 4 is 36.1 Å². The average molecular weight is 785 g/mol. The molecule has 2 saturated heterocycles. The molecule has 10 atom stereocenters. The van der Waals surface area contributed by atoms with Crippen molar-refractivity contribution in [2.45, 2.75) is 110 Å². The van der Waals surface area contributed by atoms with Crippen LogP contribution in [-0.2, 0) is 77.9 Å². The number of carbonyl (C=O) groups is 6. The molecule has 2 aliphatic rings. The molecule has 3 rings (SSSR count). The Kier molecular flexibility index (Phi) is 18.5. The number of hydrogen-bond acceptors (Lipinski definition) is 17. The zero-order chi connectivity index (χ0) is 40.5. The Balaban J connectivity index is 1.80. The van der Waals surface area contributed by atoms with Crippen molar-refractivity contribution in [3.05, 3.63) is 35.9 Å². The lowest BCUT2D eigenvalue weighted by molar-refractivity contribution is -0.362. The Hall–Kier alpha value is -4.56. The smallest absolute Gasteiger partial charge is 0.407 e. The number of alkyl carbamates (subject to hydrolysis) is 2. The van der Waals surface area contributed by atoms with Crippen molar-refractivity contribution in [1.82, 2.24) is 10.6 Å². The second-order valence-electron chi connectivity index (χ2n) is 12.6. The minimum absolute atomic E-state index is 0.0470. The summed E-state index contributed by atoms with van der Waals surface area (Å²) >= 11 is 0. The molecular formula is C36H52N2O17. The van der Waals surface area contributed by atoms with E-state index < -0.39 is 104 Å². The van der Waals surface area contributed by atoms with Gasteiger partial charge in [-0.15, -0.1) is 0 Å². The molecule has 0 aliphatic carbocycles. The molecule has 2 N–H and O–H groups in total. The van der Waals surface area contributed by atoms with Gasteiger partial charge in [-0.3, -0.25) is 19.2 Å². The predicted molar refractivity (Wildman–Crippen MR) is 186 cm³/mol. The molecule has 19 heteroatoms. The zero-order valence-electron chi connectivity index (χ0n) is 32.1. The van der Waals surface area contributed by atoms with Gasteiger partial charge >= 0.3 is 36.1 Å². The van der Waals surface area contributed by atoms with E-state index in [0.29, 0.717) is 6.42 Å². The minimum Gasteiger partial charge on any atom is -0.463 e. The van der Waals surface area contributed by atoms with Crippen LogP contribution < -0.4 is 10.6 Å². The first-order valence-electron chi connectivity index (χ1n) is 17.9. The van der Waals surface area contributed by atoms with Crippen LogP contribution in [0, 0.1) is 5.92 Å². The third kappa shape index (κ3) is 14.6. The molecule has 1 aromatic carbocycles. The standard InChI is InChI=1S/C36H52N2O17/c1-8-26-20(2)28(49-22(4)40)31(33(52-26)46-17-16-45-15-14-38-36(44)48-18-25-12-10-9-11-13-25)54-34-32(51-24(6)42)30(50-23(5)41)29(55-35(43)37-7)27(53-34)19-47-21(3)39/h9-13,20,26-34H,8,14-19H2,1-7H3,(H,37,43)(H,38,44)/t20-,26+,27-,28+,29-,30+,31+,32+,33?,34-/m1/s1. The Morgan fingerprint density at radius 3 is 1.93 bits per heavy atom. The first kappa shape index (κ1) is 44.8. The highest BCUT2D eigenvalue weighted by Gasteiger charge is 2.56. The van der Waals surface area contributed by atoms with E-state index in [2.05, 4.69) is 10.6 Å². The summed E-state index contributed by atoms with van der Waals surface area (Å²) in [4.78, 5) is 73.4. The third-order valence-corrected chi connectivity index (χ3v) is 8.33. The van der Waals surface area contributed by atoms with Gasteiger partial charge in [-0.2, -0.15) is 0 Å². The van der Waals surface area contributed by atoms with Crippen LogP contribution >= 0.6 is 0 Å². The van der Waals surface area contributed by atoms with Crippen molar-refractivity contribution < 1.29 is 80.9 Å². The summed E-state index contributed by atoms with van der Waals surface area (Å²) in [7, 11) is 1.29. The molecule has 0 spiro atoms. The van der Waals surface area contributed by atoms with Gasteiger partial charge in [-0.05, 0) is 12.0 Å². The first-order valence-corrected chi connectivity index (χ1v) is 17.9. The summed E-state index contributed by atoms with van der Waals surface area (Å²) in [5.74, 6) is -3.46. The molecule has 19 nitrogen and oxygen atoms in total. The van der Waals surface area contributed by atoms with Gasteiger partial charge < -0.3 is 62.7 Å². The molecule has 2 aliphatic heterocycles. The van der Waals surface area contributed by atoms with Crippen LogP contribution in [-0.4, -0.2) is 131 Å². The molecule has 2 fully saturated rings. The van der Waals surface area contributed by atoms with E-state index in [1.807, 2.05) is 37.3 Å². The van der Waals surface area contributed by atoms with Gasteiger partial charge in [-0.25, -0.2) is 9.59 Å². The number of benzene rings is 1. The lowest BCUT2D eigenvalue weighted by Crippen LogP contribution is -2.65. The van der Waals surface area contributed by atoms with E-state index >= 15 is 0 Å². The van der Waals surface area contributed by atoms with Crippen LogP contribution in [0.5, 0.6) is 0 Å². The summed E-state index contributed by atoms with van der Waals surface area (Å²) in [6, 6.07) is 9.22. The fourth-order valence-corrected chi connectivity index (χ4v) is 5.92. The number of rotatable bonds is 18. The molecule has 0 saturated carbocycles. The molecule has 1 aromatic rings. The first-order chi connectivity index (χ1) is 26.2. The number of esters is 4. The quantitative estimate of drug-likeness (QED) is 0.123. The summed E-state index contributed by atoms with van der Waals surface area (Å²) in [6.07, 6.45) is -12.5. The Morgan fingerprint density at radius 1 is 0.673 bits per heavy atom. The highest BCUT2D eigenvalue weighted by molar-refractivity contribution is 5.69. The lowest BCUT2D eigenvalue weighted by Gasteiger charge is -2.48. The fraction of sp³-hybridized carbons (Fsp3) is 0.667. The van der Waals surface area contributed by atoms with Gasteiger partial charge in [0, 0.05) is 47.2 Å². The van der Waals surface area contributed by atoms with Crippen LogP contribution in [0.2, 0.25) is 0 Å². The summed E-state index contributed by atoms with van der Waals surface area (Å²) in [5, 5.41) is 4.88. The maximum atomic E-state index is 12.4. The molecule has 2 heterocycles. The Labute approximate surface area is 319 Å². The van der Waals surface area contributed by atoms with E-state index in [0.717, 1.165) is 26.3 Å². The number of carbonyl (C=O) groups excluding carboxylic acids is 6. The number of nitrogens with one attached hydrogen (secondary N) is 2. The number of amides is 2. The molecule has 0 radical (unpaired) electrons. The second kappa shape index (κ2) is 22.7. The van der Waals surface area contributed by atoms with Crippen LogP contribution in [0.4, 0.5) is 9.59 Å². The number of hydrogen-bond donors (Lipinski definition) is 2. The van der Waals surface area contributed by atoms with Crippen molar-refractivity contribution in [2.75, 3.05) is 40.0 Å². The monoisotopic (exact) mass is 784 g/mol. The van der Waals surface area contributed by atoms with E-state index in [9.17, 15) is 28.8 Å². The summed E-state index contributed by atoms with van der Waals surface area (Å²) < 4.78 is 63.2. The van der Waals surface area contributed by atoms with Gasteiger partial charge in [0.05, 0.1) is 25.9 Å². The van der Waals surface area contributed by atoms with Crippen molar-refractivity contribution in [3.63, 3.8) is 0 Å². The maximum absolute atomic E-state index is 12.4. The second-order valence-corrected chi connectivity index (χ2v) is 12.6. The van der Waals surface area contributed by atoms with Crippen LogP contribution in [0.1, 0.15) is 53.5 Å². The van der Waals surface area contributed by atoms with Gasteiger partial charge in [0.15, 0.2) is 30.9 Å². The Bertz CT molecular complexity index is 1410. The highest BCUT2D eigenvalue weighted by Crippen LogP contribution is 2.37. The topological polar surface area (TPSA) is 228 Å². The molecule has 2 amide bonds. The van der Waals surface area contributed by atoms with Crippen LogP contribution in [0.3, 0.4) is 0 Å². The molecule has 55 heavy (non-hydrogen) atoms. The molecule has 0 aromatic heterocycles. The molecule has 308 valence electrons. The average Bonchev–Trinajstić information content (AvgIpc) is 3.13. The molecular weight excluding hydrogens is 732 g/mol. The van der Waals surface area contributed by atoms with Crippen molar-refractivity contribution in [1.29, 1.82) is 0 Å². The number of ether oxygens (including phenoxy) is 11. The van der Waals surface area contributed by atoms with E-state index in [4.69, 9.17) is 52.1 Å². The van der Waals surface area contributed by atoms with Crippen LogP contribution in [0.15, 0.2) is 30.3 Å². The lowest BCUT2D eigenvalue weighted by atomic mass is 9.88. The maximum Gasteiger partial charge on any atom is 0.407 e. The summed E-state index contributed by atoms with van der Waals surface area (Å²) in [5.41, 5.74) is 0.844. The summed E-state index contributed by atoms with van der Waals surface area (Å²) in [6.45, 7) is 8.12. The van der Waals surface area contributed by atoms with Gasteiger partial charge in [0.1, 0.15) is 31.5 Å². The minimum atomic E-state index is -1.62. The third-order valence-electron chi connectivity index (χ3n) is 8.33. The Morgan fingerprint density at radius 2 is 1.31 bits per heavy atom. The van der Waals surface area contributed by atoms with Gasteiger partial charge in [-0.1, -0.05) is 44.2 Å².